The summed E-state index contributed by atoms with van der Waals surface area (Å²) in [7, 11) is 0. The molecule has 5 nitrogen and oxygen atoms in total. The Balaban J connectivity index is 1.07. The molecule has 0 aromatic rings. The molecule has 3 saturated carbocycles. The van der Waals surface area contributed by atoms with Crippen LogP contribution in [0.15, 0.2) is 23.8 Å². The van der Waals surface area contributed by atoms with Gasteiger partial charge in [-0.2, -0.15) is 0 Å². The molecule has 0 N–H and O–H groups in total. The molecule has 1 aliphatic heterocycles. The summed E-state index contributed by atoms with van der Waals surface area (Å²) >= 11 is 0. The quantitative estimate of drug-likeness (QED) is 0.0935. The second kappa shape index (κ2) is 15.2. The van der Waals surface area contributed by atoms with Crippen molar-refractivity contribution in [3.05, 3.63) is 23.8 Å². The van der Waals surface area contributed by atoms with Crippen molar-refractivity contribution >= 4 is 17.5 Å². The first-order valence-electron chi connectivity index (χ1n) is 18.5. The first-order valence-corrected chi connectivity index (χ1v) is 18.5. The minimum absolute atomic E-state index is 0.0502. The lowest BCUT2D eigenvalue weighted by molar-refractivity contribution is -0.165. The molecule has 0 amide bonds. The Morgan fingerprint density at radius 3 is 2.32 bits per heavy atom. The van der Waals surface area contributed by atoms with Crippen LogP contribution in [0.1, 0.15) is 149 Å². The normalized spacial score (nSPS) is 35.7. The maximum absolute atomic E-state index is 13.2. The Bertz CT molecular complexity index is 1070. The lowest BCUT2D eigenvalue weighted by Crippen LogP contribution is -2.58. The van der Waals surface area contributed by atoms with Gasteiger partial charge in [0, 0.05) is 18.8 Å². The maximum Gasteiger partial charge on any atom is 0.306 e. The highest BCUT2D eigenvalue weighted by Crippen LogP contribution is 2.69. The van der Waals surface area contributed by atoms with E-state index in [4.69, 9.17) is 9.47 Å². The first-order chi connectivity index (χ1) is 21.3. The molecular formula is C39H60O5. The van der Waals surface area contributed by atoms with Gasteiger partial charge in [0.1, 0.15) is 11.9 Å². The van der Waals surface area contributed by atoms with E-state index in [1.54, 1.807) is 6.92 Å². The molecule has 0 radical (unpaired) electrons. The van der Waals surface area contributed by atoms with E-state index < -0.39 is 6.10 Å². The van der Waals surface area contributed by atoms with E-state index in [1.165, 1.54) is 57.8 Å². The van der Waals surface area contributed by atoms with Crippen LogP contribution in [0.4, 0.5) is 0 Å². The van der Waals surface area contributed by atoms with E-state index in [-0.39, 0.29) is 41.0 Å². The number of carbonyl (C=O) groups excluding carboxylic acids is 3. The van der Waals surface area contributed by atoms with Gasteiger partial charge in [0.25, 0.3) is 0 Å². The zero-order valence-corrected chi connectivity index (χ0v) is 28.1. The summed E-state index contributed by atoms with van der Waals surface area (Å²) in [5, 5.41) is 0. The second-order valence-corrected chi connectivity index (χ2v) is 15.3. The van der Waals surface area contributed by atoms with Crippen molar-refractivity contribution in [3.63, 3.8) is 0 Å². The van der Waals surface area contributed by atoms with Gasteiger partial charge in [0.05, 0.1) is 18.1 Å². The number of ketones is 2. The smallest absolute Gasteiger partial charge is 0.306 e. The molecule has 246 valence electrons. The van der Waals surface area contributed by atoms with E-state index in [0.29, 0.717) is 36.6 Å². The summed E-state index contributed by atoms with van der Waals surface area (Å²) in [5.74, 6) is 1.73. The van der Waals surface area contributed by atoms with Gasteiger partial charge in [0.2, 0.25) is 0 Å². The number of allylic oxidation sites excluding steroid dienone is 2. The fraction of sp³-hybridized carbons (Fsp3) is 0.821. The summed E-state index contributed by atoms with van der Waals surface area (Å²) in [5.41, 5.74) is 0.804. The molecule has 44 heavy (non-hydrogen) atoms. The number of Topliss-reactive ketones (excluding diaryl/α,β-unsaturated/α-hetero) is 1. The van der Waals surface area contributed by atoms with Gasteiger partial charge in [-0.05, 0) is 106 Å². The van der Waals surface area contributed by atoms with Crippen LogP contribution in [0.25, 0.3) is 0 Å². The van der Waals surface area contributed by atoms with Gasteiger partial charge in [-0.3, -0.25) is 14.4 Å². The zero-order chi connectivity index (χ0) is 31.2. The highest BCUT2D eigenvalue weighted by molar-refractivity contribution is 5.93. The van der Waals surface area contributed by atoms with Crippen LogP contribution in [0.2, 0.25) is 0 Å². The summed E-state index contributed by atoms with van der Waals surface area (Å²) in [6.45, 7) is 6.95. The van der Waals surface area contributed by atoms with Crippen molar-refractivity contribution in [2.45, 2.75) is 161 Å². The number of rotatable bonds is 17. The number of fused-ring (bicyclic) bond motifs is 3. The van der Waals surface area contributed by atoms with Crippen LogP contribution in [-0.4, -0.2) is 36.4 Å². The molecule has 0 aromatic carbocycles. The molecule has 2 bridgehead atoms. The topological polar surface area (TPSA) is 69.7 Å². The van der Waals surface area contributed by atoms with Crippen molar-refractivity contribution in [1.29, 1.82) is 0 Å². The Kier molecular flexibility index (Phi) is 11.6. The van der Waals surface area contributed by atoms with Gasteiger partial charge >= 0.3 is 5.97 Å². The number of hydrogen-bond donors (Lipinski definition) is 0. The van der Waals surface area contributed by atoms with Crippen molar-refractivity contribution < 1.29 is 23.9 Å². The average Bonchev–Trinajstić information content (AvgIpc) is 3.48. The average molecular weight is 609 g/mol. The molecule has 5 aliphatic rings. The first kappa shape index (κ1) is 33.6. The Labute approximate surface area is 267 Å². The molecule has 0 spiro atoms. The van der Waals surface area contributed by atoms with Crippen molar-refractivity contribution in [2.24, 2.45) is 34.5 Å². The third-order valence-electron chi connectivity index (χ3n) is 12.7. The number of carbonyl (C=O) groups is 3. The summed E-state index contributed by atoms with van der Waals surface area (Å²) in [6.07, 6.45) is 27.9. The van der Waals surface area contributed by atoms with Crippen molar-refractivity contribution in [1.82, 2.24) is 0 Å². The molecule has 0 aromatic heterocycles. The Morgan fingerprint density at radius 2 is 1.61 bits per heavy atom. The predicted octanol–water partition coefficient (Wildman–Crippen LogP) is 9.27. The maximum atomic E-state index is 13.2. The van der Waals surface area contributed by atoms with Crippen LogP contribution in [0.5, 0.6) is 0 Å². The van der Waals surface area contributed by atoms with Crippen LogP contribution < -0.4 is 0 Å². The van der Waals surface area contributed by atoms with Crippen LogP contribution >= 0.6 is 0 Å². The van der Waals surface area contributed by atoms with Gasteiger partial charge in [-0.25, -0.2) is 0 Å². The SMILES string of the molecule is CCCCCCCC/C=C\CCCCCCCC(=O)OC1CC(=O)C=C2C3C[C@H]4[C@@H]5CC[C@H](C(C)=O)[C@@]5(C)CC[C@@H]4[C@]21CO3. The minimum atomic E-state index is -0.419. The number of ether oxygens (including phenoxy) is 2. The standard InChI is InChI=1S/C39H60O5/c1-4-5-6-7-8-9-10-11-12-13-14-15-16-17-18-19-37(42)44-36-25-29(41)24-34-35-26-30-32-21-20-31(28(2)40)38(32,3)23-22-33(30)39(34,36)27-43-35/h11-12,24,30-33,35-36H,4-10,13-23,25-27H2,1-3H3/b12-11-/t30-,31+,32-,33-,35?,36?,38+,39+/m0/s1. The van der Waals surface area contributed by atoms with E-state index >= 15 is 0 Å². The third kappa shape index (κ3) is 6.98. The van der Waals surface area contributed by atoms with Crippen molar-refractivity contribution in [2.75, 3.05) is 6.61 Å². The highest BCUT2D eigenvalue weighted by atomic mass is 16.6. The molecule has 1 saturated heterocycles. The largest absolute Gasteiger partial charge is 0.461 e. The van der Waals surface area contributed by atoms with Crippen LogP contribution in [0, 0.1) is 34.5 Å². The number of esters is 1. The molecule has 8 atom stereocenters. The highest BCUT2D eigenvalue weighted by Gasteiger charge is 2.68. The molecule has 4 fully saturated rings. The van der Waals surface area contributed by atoms with Crippen molar-refractivity contribution in [3.8, 4) is 0 Å². The van der Waals surface area contributed by atoms with E-state index in [0.717, 1.165) is 63.4 Å². The second-order valence-electron chi connectivity index (χ2n) is 15.3. The van der Waals surface area contributed by atoms with Gasteiger partial charge in [-0.1, -0.05) is 77.4 Å². The summed E-state index contributed by atoms with van der Waals surface area (Å²) < 4.78 is 12.7. The van der Waals surface area contributed by atoms with Gasteiger partial charge in [0.15, 0.2) is 5.78 Å². The zero-order valence-electron chi connectivity index (χ0n) is 28.1. The Morgan fingerprint density at radius 1 is 0.932 bits per heavy atom. The monoisotopic (exact) mass is 608 g/mol. The lowest BCUT2D eigenvalue weighted by Gasteiger charge is -2.58. The van der Waals surface area contributed by atoms with E-state index in [9.17, 15) is 14.4 Å². The molecule has 2 unspecified atom stereocenters. The number of hydrogen-bond acceptors (Lipinski definition) is 5. The van der Waals surface area contributed by atoms with Crippen LogP contribution in [0.3, 0.4) is 0 Å². The number of unbranched alkanes of at least 4 members (excludes halogenated alkanes) is 11. The lowest BCUT2D eigenvalue weighted by atomic mass is 9.46. The Hall–Kier alpha value is -1.75. The third-order valence-corrected chi connectivity index (χ3v) is 12.7. The van der Waals surface area contributed by atoms with Crippen LogP contribution in [-0.2, 0) is 23.9 Å². The molecule has 5 rings (SSSR count). The van der Waals surface area contributed by atoms with Gasteiger partial charge < -0.3 is 9.47 Å². The molecule has 5 heteroatoms. The predicted molar refractivity (Wildman–Crippen MR) is 175 cm³/mol. The molecular weight excluding hydrogens is 548 g/mol. The summed E-state index contributed by atoms with van der Waals surface area (Å²) in [6, 6.07) is 0. The fourth-order valence-electron chi connectivity index (χ4n) is 10.4. The fourth-order valence-corrected chi connectivity index (χ4v) is 10.4. The molecule has 4 aliphatic carbocycles. The minimum Gasteiger partial charge on any atom is -0.461 e. The van der Waals surface area contributed by atoms with Gasteiger partial charge in [-0.15, -0.1) is 0 Å². The molecule has 1 heterocycles. The van der Waals surface area contributed by atoms with E-state index in [1.807, 2.05) is 6.08 Å². The van der Waals surface area contributed by atoms with E-state index in [2.05, 4.69) is 26.0 Å². The summed E-state index contributed by atoms with van der Waals surface area (Å²) in [4.78, 5) is 38.6.